The van der Waals surface area contributed by atoms with E-state index >= 15 is 0 Å². The van der Waals surface area contributed by atoms with Crippen LogP contribution >= 0.6 is 11.5 Å². The molecule has 1 aliphatic rings. The van der Waals surface area contributed by atoms with Gasteiger partial charge in [-0.3, -0.25) is 0 Å². The molecule has 0 radical (unpaired) electrons. The van der Waals surface area contributed by atoms with Gasteiger partial charge in [-0.15, -0.1) is 0 Å². The Kier molecular flexibility index (Phi) is 4.29. The van der Waals surface area contributed by atoms with E-state index in [1.807, 2.05) is 12.1 Å². The number of anilines is 1. The highest BCUT2D eigenvalue weighted by molar-refractivity contribution is 7.09. The van der Waals surface area contributed by atoms with Crippen LogP contribution in [-0.4, -0.2) is 20.9 Å². The number of nitrogens with zero attached hydrogens (tertiary/aromatic N) is 3. The van der Waals surface area contributed by atoms with E-state index in [0.29, 0.717) is 12.4 Å². The van der Waals surface area contributed by atoms with Crippen molar-refractivity contribution >= 4 is 16.7 Å². The number of aromatic nitrogens is 3. The van der Waals surface area contributed by atoms with Crippen molar-refractivity contribution in [2.45, 2.75) is 45.6 Å². The van der Waals surface area contributed by atoms with E-state index in [1.165, 1.54) is 24.4 Å². The molecule has 1 aliphatic carbocycles. The van der Waals surface area contributed by atoms with Gasteiger partial charge in [0.05, 0.1) is 6.61 Å². The highest BCUT2D eigenvalue weighted by Gasteiger charge is 2.22. The Hall–Kier alpha value is -1.69. The van der Waals surface area contributed by atoms with Crippen molar-refractivity contribution in [2.75, 3.05) is 11.9 Å². The fraction of sp³-hybridized carbons (Fsp3) is 0.562. The van der Waals surface area contributed by atoms with Gasteiger partial charge in [-0.1, -0.05) is 20.8 Å². The largest absolute Gasteiger partial charge is 0.477 e. The molecule has 5 nitrogen and oxygen atoms in total. The molecule has 6 heteroatoms. The van der Waals surface area contributed by atoms with Crippen molar-refractivity contribution in [3.05, 3.63) is 29.7 Å². The zero-order valence-corrected chi connectivity index (χ0v) is 14.1. The fourth-order valence-corrected chi connectivity index (χ4v) is 2.66. The third-order valence-electron chi connectivity index (χ3n) is 3.50. The molecule has 0 aromatic carbocycles. The van der Waals surface area contributed by atoms with Crippen LogP contribution in [0, 0.1) is 5.92 Å². The van der Waals surface area contributed by atoms with Crippen molar-refractivity contribution < 1.29 is 4.74 Å². The smallest absolute Gasteiger partial charge is 0.213 e. The highest BCUT2D eigenvalue weighted by Crippen LogP contribution is 2.29. The van der Waals surface area contributed by atoms with Gasteiger partial charge in [-0.05, 0) is 30.4 Å². The van der Waals surface area contributed by atoms with Crippen molar-refractivity contribution in [1.29, 1.82) is 0 Å². The monoisotopic (exact) mass is 318 g/mol. The van der Waals surface area contributed by atoms with Crippen molar-refractivity contribution in [3.8, 4) is 5.88 Å². The summed E-state index contributed by atoms with van der Waals surface area (Å²) in [6.45, 7) is 7.83. The van der Waals surface area contributed by atoms with Gasteiger partial charge in [0.25, 0.3) is 0 Å². The minimum atomic E-state index is -0.0169. The van der Waals surface area contributed by atoms with Gasteiger partial charge in [0.2, 0.25) is 11.0 Å². The third kappa shape index (κ3) is 4.16. The van der Waals surface area contributed by atoms with Gasteiger partial charge in [0.15, 0.2) is 0 Å². The van der Waals surface area contributed by atoms with Crippen LogP contribution in [0.1, 0.15) is 45.0 Å². The first-order chi connectivity index (χ1) is 10.5. The molecule has 1 N–H and O–H groups in total. The van der Waals surface area contributed by atoms with Crippen LogP contribution in [0.25, 0.3) is 0 Å². The average molecular weight is 318 g/mol. The standard InChI is InChI=1S/C16H22N4OS/c1-16(2,3)14-19-15(22-20-14)18-9-12-6-7-17-13(8-12)21-10-11-4-5-11/h6-8,11H,4-5,9-10H2,1-3H3,(H,18,19,20). The molecule has 1 saturated carbocycles. The number of ether oxygens (including phenoxy) is 1. The highest BCUT2D eigenvalue weighted by atomic mass is 32.1. The maximum absolute atomic E-state index is 5.71. The van der Waals surface area contributed by atoms with Crippen LogP contribution in [0.2, 0.25) is 0 Å². The summed E-state index contributed by atoms with van der Waals surface area (Å²) in [5.41, 5.74) is 1.12. The van der Waals surface area contributed by atoms with E-state index < -0.39 is 0 Å². The van der Waals surface area contributed by atoms with E-state index in [0.717, 1.165) is 29.0 Å². The van der Waals surface area contributed by atoms with Gasteiger partial charge in [-0.25, -0.2) is 9.97 Å². The molecule has 2 aromatic heterocycles. The second kappa shape index (κ2) is 6.20. The number of pyridine rings is 1. The fourth-order valence-electron chi connectivity index (χ4n) is 1.90. The first-order valence-corrected chi connectivity index (χ1v) is 8.44. The van der Waals surface area contributed by atoms with Crippen LogP contribution in [0.3, 0.4) is 0 Å². The predicted octanol–water partition coefficient (Wildman–Crippen LogP) is 3.63. The van der Waals surface area contributed by atoms with Crippen molar-refractivity contribution in [2.24, 2.45) is 5.92 Å². The molecular formula is C16H22N4OS. The van der Waals surface area contributed by atoms with Crippen LogP contribution in [0.4, 0.5) is 5.13 Å². The number of nitrogens with one attached hydrogen (secondary N) is 1. The van der Waals surface area contributed by atoms with E-state index in [9.17, 15) is 0 Å². The number of rotatable bonds is 6. The Balaban J connectivity index is 1.56. The summed E-state index contributed by atoms with van der Waals surface area (Å²) in [6, 6.07) is 3.98. The number of hydrogen-bond acceptors (Lipinski definition) is 6. The minimum Gasteiger partial charge on any atom is -0.477 e. The van der Waals surface area contributed by atoms with E-state index in [4.69, 9.17) is 4.74 Å². The molecule has 2 aromatic rings. The maximum Gasteiger partial charge on any atom is 0.213 e. The van der Waals surface area contributed by atoms with Gasteiger partial charge in [-0.2, -0.15) is 4.37 Å². The molecule has 0 aliphatic heterocycles. The molecule has 1 fully saturated rings. The summed E-state index contributed by atoms with van der Waals surface area (Å²) in [4.78, 5) is 8.79. The van der Waals surface area contributed by atoms with E-state index in [2.05, 4.69) is 40.4 Å². The van der Waals surface area contributed by atoms with Crippen molar-refractivity contribution in [1.82, 2.24) is 14.3 Å². The number of hydrogen-bond donors (Lipinski definition) is 1. The quantitative estimate of drug-likeness (QED) is 0.881. The molecule has 22 heavy (non-hydrogen) atoms. The van der Waals surface area contributed by atoms with Crippen LogP contribution < -0.4 is 10.1 Å². The van der Waals surface area contributed by atoms with E-state index in [1.54, 1.807) is 6.20 Å². The van der Waals surface area contributed by atoms with Crippen LogP contribution in [0.5, 0.6) is 5.88 Å². The summed E-state index contributed by atoms with van der Waals surface area (Å²) in [7, 11) is 0. The molecule has 0 spiro atoms. The topological polar surface area (TPSA) is 59.9 Å². The Labute approximate surface area is 135 Å². The zero-order valence-electron chi connectivity index (χ0n) is 13.3. The minimum absolute atomic E-state index is 0.0169. The first kappa shape index (κ1) is 15.2. The molecule has 0 amide bonds. The molecule has 0 unspecified atom stereocenters. The molecule has 0 saturated heterocycles. The summed E-state index contributed by atoms with van der Waals surface area (Å²) >= 11 is 1.40. The van der Waals surface area contributed by atoms with Crippen molar-refractivity contribution in [3.63, 3.8) is 0 Å². The SMILES string of the molecule is CC(C)(C)c1nsc(NCc2ccnc(OCC3CC3)c2)n1. The first-order valence-electron chi connectivity index (χ1n) is 7.66. The Morgan fingerprint density at radius 3 is 2.86 bits per heavy atom. The summed E-state index contributed by atoms with van der Waals surface area (Å²) in [5.74, 6) is 2.32. The molecule has 3 rings (SSSR count). The second-order valence-electron chi connectivity index (χ2n) is 6.78. The molecule has 2 heterocycles. The lowest BCUT2D eigenvalue weighted by Gasteiger charge is -2.12. The summed E-state index contributed by atoms with van der Waals surface area (Å²) < 4.78 is 10.1. The molecular weight excluding hydrogens is 296 g/mol. The van der Waals surface area contributed by atoms with Crippen LogP contribution in [-0.2, 0) is 12.0 Å². The van der Waals surface area contributed by atoms with Gasteiger partial charge >= 0.3 is 0 Å². The van der Waals surface area contributed by atoms with Gasteiger partial charge in [0, 0.05) is 35.8 Å². The summed E-state index contributed by atoms with van der Waals surface area (Å²) in [6.07, 6.45) is 4.36. The lowest BCUT2D eigenvalue weighted by Crippen LogP contribution is -2.13. The van der Waals surface area contributed by atoms with E-state index in [-0.39, 0.29) is 5.41 Å². The Bertz CT molecular complexity index is 631. The molecule has 0 atom stereocenters. The molecule has 0 bridgehead atoms. The predicted molar refractivity (Wildman–Crippen MR) is 88.4 cm³/mol. The Morgan fingerprint density at radius 2 is 2.18 bits per heavy atom. The average Bonchev–Trinajstić information content (AvgIpc) is 3.18. The Morgan fingerprint density at radius 1 is 1.36 bits per heavy atom. The second-order valence-corrected chi connectivity index (χ2v) is 7.54. The van der Waals surface area contributed by atoms with Gasteiger partial charge < -0.3 is 10.1 Å². The zero-order chi connectivity index (χ0) is 15.6. The lowest BCUT2D eigenvalue weighted by molar-refractivity contribution is 0.288. The van der Waals surface area contributed by atoms with Crippen LogP contribution in [0.15, 0.2) is 18.3 Å². The maximum atomic E-state index is 5.71. The van der Waals surface area contributed by atoms with Gasteiger partial charge in [0.1, 0.15) is 5.82 Å². The normalized spacial score (nSPS) is 14.9. The molecule has 118 valence electrons. The summed E-state index contributed by atoms with van der Waals surface area (Å²) in [5, 5.41) is 4.17. The lowest BCUT2D eigenvalue weighted by atomic mass is 9.96. The third-order valence-corrected chi connectivity index (χ3v) is 4.18.